The molecule has 0 amide bonds. The summed E-state index contributed by atoms with van der Waals surface area (Å²) in [5.74, 6) is 0.973. The Morgan fingerprint density at radius 2 is 2.00 bits per heavy atom. The zero-order valence-electron chi connectivity index (χ0n) is 14.3. The van der Waals surface area contributed by atoms with Crippen LogP contribution in [0, 0.1) is 10.1 Å². The number of fused-ring (bicyclic) bond motifs is 1. The van der Waals surface area contributed by atoms with E-state index >= 15 is 0 Å². The molecule has 0 saturated carbocycles. The molecule has 1 atom stereocenters. The Bertz CT molecular complexity index is 936. The molecule has 1 aliphatic carbocycles. The molecule has 132 valence electrons. The molecular weight excluding hydrogens is 332 g/mol. The minimum absolute atomic E-state index is 0.0390. The van der Waals surface area contributed by atoms with Crippen LogP contribution in [0.4, 0.5) is 5.69 Å². The maximum absolute atomic E-state index is 10.7. The monoisotopic (exact) mass is 350 g/mol. The molecule has 26 heavy (non-hydrogen) atoms. The predicted octanol–water partition coefficient (Wildman–Crippen LogP) is 3.76. The van der Waals surface area contributed by atoms with Crippen molar-refractivity contribution < 1.29 is 9.45 Å². The molecule has 7 heteroatoms. The predicted molar refractivity (Wildman–Crippen MR) is 95.4 cm³/mol. The van der Waals surface area contributed by atoms with E-state index in [1.54, 1.807) is 12.1 Å². The normalized spacial score (nSPS) is 16.0. The van der Waals surface area contributed by atoms with E-state index in [0.717, 1.165) is 12.8 Å². The summed E-state index contributed by atoms with van der Waals surface area (Å²) in [5.41, 5.74) is 3.50. The molecule has 2 aromatic carbocycles. The third kappa shape index (κ3) is 3.09. The second-order valence-corrected chi connectivity index (χ2v) is 6.48. The van der Waals surface area contributed by atoms with Crippen LogP contribution in [0.3, 0.4) is 0 Å². The van der Waals surface area contributed by atoms with Gasteiger partial charge in [0.05, 0.1) is 11.5 Å². The van der Waals surface area contributed by atoms with Crippen molar-refractivity contribution in [3.8, 4) is 11.4 Å². The lowest BCUT2D eigenvalue weighted by Crippen LogP contribution is -2.22. The number of nitrogens with zero attached hydrogens (tertiary/aromatic N) is 4. The van der Waals surface area contributed by atoms with Gasteiger partial charge < -0.3 is 4.52 Å². The number of benzene rings is 2. The van der Waals surface area contributed by atoms with Crippen LogP contribution in [0.1, 0.15) is 29.5 Å². The van der Waals surface area contributed by atoms with Crippen molar-refractivity contribution in [2.24, 2.45) is 0 Å². The summed E-state index contributed by atoms with van der Waals surface area (Å²) in [7, 11) is 2.06. The number of rotatable bonds is 5. The zero-order valence-corrected chi connectivity index (χ0v) is 14.3. The largest absolute Gasteiger partial charge is 0.338 e. The summed E-state index contributed by atoms with van der Waals surface area (Å²) < 4.78 is 5.38. The summed E-state index contributed by atoms with van der Waals surface area (Å²) in [5, 5.41) is 14.7. The van der Waals surface area contributed by atoms with Crippen molar-refractivity contribution in [2.45, 2.75) is 25.4 Å². The van der Waals surface area contributed by atoms with Crippen molar-refractivity contribution in [1.29, 1.82) is 0 Å². The average molecular weight is 350 g/mol. The van der Waals surface area contributed by atoms with E-state index in [2.05, 4.69) is 46.4 Å². The van der Waals surface area contributed by atoms with Crippen LogP contribution in [0.2, 0.25) is 0 Å². The molecule has 0 bridgehead atoms. The highest BCUT2D eigenvalue weighted by Crippen LogP contribution is 2.35. The molecule has 7 nitrogen and oxygen atoms in total. The second kappa shape index (κ2) is 6.68. The van der Waals surface area contributed by atoms with Crippen molar-refractivity contribution >= 4 is 5.69 Å². The van der Waals surface area contributed by atoms with Crippen LogP contribution in [-0.4, -0.2) is 27.0 Å². The Balaban J connectivity index is 1.48. The van der Waals surface area contributed by atoms with Gasteiger partial charge in [-0.05, 0) is 43.1 Å². The van der Waals surface area contributed by atoms with Gasteiger partial charge >= 0.3 is 0 Å². The molecule has 4 rings (SSSR count). The van der Waals surface area contributed by atoms with Crippen LogP contribution < -0.4 is 0 Å². The fourth-order valence-electron chi connectivity index (χ4n) is 3.48. The van der Waals surface area contributed by atoms with Crippen LogP contribution in [0.5, 0.6) is 0 Å². The molecule has 0 fully saturated rings. The Labute approximate surface area is 150 Å². The van der Waals surface area contributed by atoms with Gasteiger partial charge in [-0.2, -0.15) is 4.98 Å². The molecular formula is C19H18N4O3. The molecule has 0 aliphatic heterocycles. The van der Waals surface area contributed by atoms with Gasteiger partial charge in [0, 0.05) is 23.7 Å². The third-order valence-corrected chi connectivity index (χ3v) is 4.82. The fraction of sp³-hybridized carbons (Fsp3) is 0.263. The molecule has 3 aromatic rings. The van der Waals surface area contributed by atoms with E-state index in [1.165, 1.54) is 23.3 Å². The number of hydrogen-bond acceptors (Lipinski definition) is 6. The second-order valence-electron chi connectivity index (χ2n) is 6.48. The summed E-state index contributed by atoms with van der Waals surface area (Å²) in [6.45, 7) is 0.555. The Kier molecular flexibility index (Phi) is 4.22. The van der Waals surface area contributed by atoms with Gasteiger partial charge in [0.1, 0.15) is 0 Å². The third-order valence-electron chi connectivity index (χ3n) is 4.82. The lowest BCUT2D eigenvalue weighted by Gasteiger charge is -2.23. The first-order chi connectivity index (χ1) is 12.6. The van der Waals surface area contributed by atoms with Gasteiger partial charge in [0.2, 0.25) is 11.7 Å². The molecule has 0 radical (unpaired) electrons. The molecule has 0 N–H and O–H groups in total. The zero-order chi connectivity index (χ0) is 18.1. The fourth-order valence-corrected chi connectivity index (χ4v) is 3.48. The Hall–Kier alpha value is -3.06. The highest BCUT2D eigenvalue weighted by atomic mass is 16.6. The van der Waals surface area contributed by atoms with Gasteiger partial charge in [-0.15, -0.1) is 0 Å². The van der Waals surface area contributed by atoms with Crippen molar-refractivity contribution in [1.82, 2.24) is 15.0 Å². The number of hydrogen-bond donors (Lipinski definition) is 0. The summed E-state index contributed by atoms with van der Waals surface area (Å²) in [6.07, 6.45) is 2.17. The first kappa shape index (κ1) is 16.4. The maximum atomic E-state index is 10.7. The van der Waals surface area contributed by atoms with Gasteiger partial charge in [-0.1, -0.05) is 29.4 Å². The number of nitro groups is 1. The molecule has 1 aliphatic rings. The quantitative estimate of drug-likeness (QED) is 0.514. The summed E-state index contributed by atoms with van der Waals surface area (Å²) >= 11 is 0. The van der Waals surface area contributed by atoms with Gasteiger partial charge in [0.15, 0.2) is 0 Å². The lowest BCUT2D eigenvalue weighted by atomic mass is 10.1. The van der Waals surface area contributed by atoms with Crippen molar-refractivity contribution in [3.63, 3.8) is 0 Å². The van der Waals surface area contributed by atoms with E-state index in [1.807, 2.05) is 0 Å². The van der Waals surface area contributed by atoms with Crippen LogP contribution >= 0.6 is 0 Å². The molecule has 1 aromatic heterocycles. The first-order valence-electron chi connectivity index (χ1n) is 8.47. The van der Waals surface area contributed by atoms with E-state index in [-0.39, 0.29) is 5.69 Å². The molecule has 0 unspecified atom stereocenters. The van der Waals surface area contributed by atoms with Gasteiger partial charge in [-0.25, -0.2) is 0 Å². The SMILES string of the molecule is CN(Cc1nc(-c2ccc([N+](=O)[O-])cc2)no1)[C@@H]1CCc2ccccc21. The number of non-ortho nitro benzene ring substituents is 1. The summed E-state index contributed by atoms with van der Waals surface area (Å²) in [6, 6.07) is 15.0. The molecule has 0 spiro atoms. The Morgan fingerprint density at radius 1 is 1.23 bits per heavy atom. The van der Waals surface area contributed by atoms with E-state index in [4.69, 9.17) is 4.52 Å². The summed E-state index contributed by atoms with van der Waals surface area (Å²) in [4.78, 5) is 17.0. The van der Waals surface area contributed by atoms with Crippen LogP contribution in [-0.2, 0) is 13.0 Å². The van der Waals surface area contributed by atoms with Gasteiger partial charge in [0.25, 0.3) is 5.69 Å². The average Bonchev–Trinajstić information content (AvgIpc) is 3.28. The maximum Gasteiger partial charge on any atom is 0.269 e. The van der Waals surface area contributed by atoms with Crippen molar-refractivity contribution in [2.75, 3.05) is 7.05 Å². The van der Waals surface area contributed by atoms with E-state index in [0.29, 0.717) is 29.9 Å². The molecule has 0 saturated heterocycles. The van der Waals surface area contributed by atoms with Crippen LogP contribution in [0.25, 0.3) is 11.4 Å². The number of aryl methyl sites for hydroxylation is 1. The minimum atomic E-state index is -0.431. The van der Waals surface area contributed by atoms with Crippen LogP contribution in [0.15, 0.2) is 53.1 Å². The van der Waals surface area contributed by atoms with E-state index < -0.39 is 4.92 Å². The van der Waals surface area contributed by atoms with E-state index in [9.17, 15) is 10.1 Å². The topological polar surface area (TPSA) is 85.3 Å². The minimum Gasteiger partial charge on any atom is -0.338 e. The van der Waals surface area contributed by atoms with Crippen molar-refractivity contribution in [3.05, 3.63) is 75.7 Å². The standard InChI is InChI=1S/C19H18N4O3/c1-22(17-11-8-13-4-2-3-5-16(13)17)12-18-20-19(21-26-18)14-6-9-15(10-7-14)23(24)25/h2-7,9-10,17H,8,11-12H2,1H3/t17-/m1/s1. The lowest BCUT2D eigenvalue weighted by molar-refractivity contribution is -0.384. The molecule has 1 heterocycles. The highest BCUT2D eigenvalue weighted by molar-refractivity contribution is 5.56. The number of nitro benzene ring substituents is 1. The van der Waals surface area contributed by atoms with Gasteiger partial charge in [-0.3, -0.25) is 15.0 Å². The Morgan fingerprint density at radius 3 is 2.77 bits per heavy atom. The smallest absolute Gasteiger partial charge is 0.269 e. The number of aromatic nitrogens is 2. The highest BCUT2D eigenvalue weighted by Gasteiger charge is 2.26. The first-order valence-corrected chi connectivity index (χ1v) is 8.47.